The summed E-state index contributed by atoms with van der Waals surface area (Å²) in [7, 11) is 0. The largest absolute Gasteiger partial charge is 0.573 e. The average molecular weight is 505 g/mol. The highest BCUT2D eigenvalue weighted by Crippen LogP contribution is 2.31. The lowest BCUT2D eigenvalue weighted by molar-refractivity contribution is -0.276. The molecule has 4 aromatic rings. The summed E-state index contributed by atoms with van der Waals surface area (Å²) in [5.41, 5.74) is 1.88. The lowest BCUT2D eigenvalue weighted by Crippen LogP contribution is -2.19. The molecule has 0 N–H and O–H groups in total. The Balaban J connectivity index is 1.51. The van der Waals surface area contributed by atoms with Crippen molar-refractivity contribution in [3.05, 3.63) is 89.4 Å². The van der Waals surface area contributed by atoms with Crippen LogP contribution in [0.15, 0.2) is 60.8 Å². The predicted molar refractivity (Wildman–Crippen MR) is 123 cm³/mol. The Labute approximate surface area is 203 Å². The van der Waals surface area contributed by atoms with E-state index in [0.717, 1.165) is 24.1 Å². The van der Waals surface area contributed by atoms with Crippen molar-refractivity contribution in [1.29, 1.82) is 0 Å². The lowest BCUT2D eigenvalue weighted by Gasteiger charge is -2.12. The highest BCUT2D eigenvalue weighted by molar-refractivity contribution is 5.88. The van der Waals surface area contributed by atoms with Crippen molar-refractivity contribution in [2.24, 2.45) is 0 Å². The average Bonchev–Trinajstić information content (AvgIpc) is 2.84. The van der Waals surface area contributed by atoms with Crippen LogP contribution in [0.2, 0.25) is 0 Å². The maximum Gasteiger partial charge on any atom is 0.573 e. The van der Waals surface area contributed by atoms with Crippen molar-refractivity contribution in [2.75, 3.05) is 6.61 Å². The summed E-state index contributed by atoms with van der Waals surface area (Å²) in [6, 6.07) is 13.6. The number of hydrogen-bond donors (Lipinski definition) is 0. The molecule has 4 rings (SSSR count). The summed E-state index contributed by atoms with van der Waals surface area (Å²) in [6.07, 6.45) is -2.61. The van der Waals surface area contributed by atoms with E-state index < -0.39 is 29.6 Å². The van der Waals surface area contributed by atoms with Gasteiger partial charge in [-0.15, -0.1) is 13.2 Å². The molecule has 1 aromatic heterocycles. The molecule has 0 fully saturated rings. The van der Waals surface area contributed by atoms with Gasteiger partial charge in [-0.3, -0.25) is 4.98 Å². The van der Waals surface area contributed by atoms with Gasteiger partial charge in [-0.05, 0) is 66.1 Å². The van der Waals surface area contributed by atoms with Crippen LogP contribution < -0.4 is 9.47 Å². The molecule has 1 heterocycles. The van der Waals surface area contributed by atoms with Gasteiger partial charge in [0.25, 0.3) is 0 Å². The molecule has 0 aliphatic heterocycles. The number of fused-ring (bicyclic) bond motifs is 1. The molecule has 9 heteroatoms. The van der Waals surface area contributed by atoms with Gasteiger partial charge in [-0.25, -0.2) is 13.2 Å². The van der Waals surface area contributed by atoms with Crippen LogP contribution in [0.1, 0.15) is 24.5 Å². The Morgan fingerprint density at radius 1 is 0.861 bits per heavy atom. The number of halogens is 6. The molecule has 0 aliphatic rings. The molecule has 0 bridgehead atoms. The van der Waals surface area contributed by atoms with E-state index in [-0.39, 0.29) is 18.4 Å². The fourth-order valence-electron chi connectivity index (χ4n) is 3.79. The van der Waals surface area contributed by atoms with E-state index in [1.165, 1.54) is 0 Å². The first-order valence-corrected chi connectivity index (χ1v) is 11.2. The van der Waals surface area contributed by atoms with Crippen LogP contribution in [0.4, 0.5) is 26.3 Å². The smallest absolute Gasteiger partial charge is 0.492 e. The molecule has 0 atom stereocenters. The second-order valence-corrected chi connectivity index (χ2v) is 8.14. The maximum atomic E-state index is 15.2. The fraction of sp³-hybridized carbons (Fsp3) is 0.222. The predicted octanol–water partition coefficient (Wildman–Crippen LogP) is 7.79. The number of pyridine rings is 1. The van der Waals surface area contributed by atoms with Gasteiger partial charge in [-0.1, -0.05) is 31.2 Å². The van der Waals surface area contributed by atoms with Crippen LogP contribution >= 0.6 is 0 Å². The summed E-state index contributed by atoms with van der Waals surface area (Å²) >= 11 is 0. The first-order chi connectivity index (χ1) is 17.1. The Morgan fingerprint density at radius 3 is 2.25 bits per heavy atom. The minimum absolute atomic E-state index is 0.0109. The molecule has 0 saturated heterocycles. The molecular formula is C27H21F6NO2. The second kappa shape index (κ2) is 10.5. The van der Waals surface area contributed by atoms with E-state index in [4.69, 9.17) is 4.74 Å². The number of hydrogen-bond acceptors (Lipinski definition) is 3. The normalized spacial score (nSPS) is 11.6. The summed E-state index contributed by atoms with van der Waals surface area (Å²) in [6.45, 7) is 2.61. The van der Waals surface area contributed by atoms with Crippen LogP contribution in [-0.2, 0) is 12.8 Å². The minimum Gasteiger partial charge on any atom is -0.492 e. The minimum atomic E-state index is -5.22. The molecular weight excluding hydrogens is 484 g/mol. The Morgan fingerprint density at radius 2 is 1.61 bits per heavy atom. The van der Waals surface area contributed by atoms with Crippen molar-refractivity contribution >= 4 is 10.8 Å². The zero-order chi connectivity index (χ0) is 25.9. The summed E-state index contributed by atoms with van der Waals surface area (Å²) in [5, 5.41) is 1.01. The Kier molecular flexibility index (Phi) is 7.37. The third-order valence-corrected chi connectivity index (χ3v) is 5.50. The topological polar surface area (TPSA) is 31.4 Å². The van der Waals surface area contributed by atoms with Gasteiger partial charge < -0.3 is 9.47 Å². The SMILES string of the molecule is CCCOc1ccc(-c2ccc3c(F)c(CCc4cc(F)c(OC(F)(F)F)c(F)c4)ccc3c2)nc1. The summed E-state index contributed by atoms with van der Waals surface area (Å²) in [4.78, 5) is 4.40. The van der Waals surface area contributed by atoms with Crippen LogP contribution in [0.5, 0.6) is 11.5 Å². The summed E-state index contributed by atoms with van der Waals surface area (Å²) < 4.78 is 88.9. The first kappa shape index (κ1) is 25.3. The molecule has 0 saturated carbocycles. The van der Waals surface area contributed by atoms with E-state index in [1.54, 1.807) is 36.5 Å². The van der Waals surface area contributed by atoms with Crippen molar-refractivity contribution < 1.29 is 35.8 Å². The molecule has 0 radical (unpaired) electrons. The van der Waals surface area contributed by atoms with Gasteiger partial charge in [0.1, 0.15) is 11.6 Å². The Hall–Kier alpha value is -3.75. The molecule has 3 nitrogen and oxygen atoms in total. The third kappa shape index (κ3) is 5.90. The maximum absolute atomic E-state index is 15.2. The van der Waals surface area contributed by atoms with Crippen molar-refractivity contribution in [1.82, 2.24) is 4.98 Å². The first-order valence-electron chi connectivity index (χ1n) is 11.2. The molecule has 0 unspecified atom stereocenters. The van der Waals surface area contributed by atoms with Crippen LogP contribution in [-0.4, -0.2) is 18.0 Å². The van der Waals surface area contributed by atoms with E-state index in [9.17, 15) is 22.0 Å². The number of alkyl halides is 3. The van der Waals surface area contributed by atoms with Gasteiger partial charge in [0.05, 0.1) is 18.5 Å². The lowest BCUT2D eigenvalue weighted by atomic mass is 9.98. The van der Waals surface area contributed by atoms with Gasteiger partial charge in [-0.2, -0.15) is 0 Å². The van der Waals surface area contributed by atoms with Crippen molar-refractivity contribution in [3.8, 4) is 22.8 Å². The second-order valence-electron chi connectivity index (χ2n) is 8.14. The van der Waals surface area contributed by atoms with Crippen LogP contribution in [0.3, 0.4) is 0 Å². The highest BCUT2D eigenvalue weighted by Gasteiger charge is 2.34. The number of aromatic nitrogens is 1. The van der Waals surface area contributed by atoms with Crippen LogP contribution in [0, 0.1) is 17.5 Å². The molecule has 36 heavy (non-hydrogen) atoms. The van der Waals surface area contributed by atoms with Crippen molar-refractivity contribution in [2.45, 2.75) is 32.5 Å². The van der Waals surface area contributed by atoms with Gasteiger partial charge in [0.15, 0.2) is 11.6 Å². The number of nitrogens with zero attached hydrogens (tertiary/aromatic N) is 1. The van der Waals surface area contributed by atoms with E-state index >= 15 is 4.39 Å². The highest BCUT2D eigenvalue weighted by atomic mass is 19.4. The molecule has 3 aromatic carbocycles. The van der Waals surface area contributed by atoms with E-state index in [2.05, 4.69) is 9.72 Å². The van der Waals surface area contributed by atoms with Gasteiger partial charge in [0, 0.05) is 10.9 Å². The van der Waals surface area contributed by atoms with E-state index in [1.807, 2.05) is 19.1 Å². The zero-order valence-electron chi connectivity index (χ0n) is 19.1. The molecule has 0 spiro atoms. The number of benzene rings is 3. The van der Waals surface area contributed by atoms with Crippen LogP contribution in [0.25, 0.3) is 22.0 Å². The molecule has 0 amide bonds. The monoisotopic (exact) mass is 505 g/mol. The number of rotatable bonds is 8. The fourth-order valence-corrected chi connectivity index (χ4v) is 3.79. The number of aryl methyl sites for hydroxylation is 2. The zero-order valence-corrected chi connectivity index (χ0v) is 19.1. The summed E-state index contributed by atoms with van der Waals surface area (Å²) in [5.74, 6) is -4.29. The Bertz CT molecular complexity index is 1350. The quantitative estimate of drug-likeness (QED) is 0.229. The third-order valence-electron chi connectivity index (χ3n) is 5.50. The standard InChI is InChI=1S/C27H21F6NO2/c1-2-11-35-20-8-10-24(34-15-20)19-7-9-21-18(14-19)6-5-17(25(21)30)4-3-16-12-22(28)26(23(29)13-16)36-27(31,32)33/h5-10,12-15H,2-4,11H2,1H3. The molecule has 188 valence electrons. The van der Waals surface area contributed by atoms with Gasteiger partial charge >= 0.3 is 6.36 Å². The van der Waals surface area contributed by atoms with Gasteiger partial charge in [0.2, 0.25) is 5.75 Å². The van der Waals surface area contributed by atoms with Crippen molar-refractivity contribution in [3.63, 3.8) is 0 Å². The molecule has 0 aliphatic carbocycles. The number of ether oxygens (including phenoxy) is 2. The van der Waals surface area contributed by atoms with E-state index in [0.29, 0.717) is 34.4 Å².